The minimum Gasteiger partial charge on any atom is -0.444 e. The minimum atomic E-state index is -0.501. The van der Waals surface area contributed by atoms with Crippen molar-refractivity contribution in [1.82, 2.24) is 4.90 Å². The summed E-state index contributed by atoms with van der Waals surface area (Å²) in [6.45, 7) is 6.69. The number of hydrogen-bond acceptors (Lipinski definition) is 3. The number of amides is 1. The highest BCUT2D eigenvalue weighted by atomic mass is 19.1. The van der Waals surface area contributed by atoms with Crippen LogP contribution in [0.3, 0.4) is 0 Å². The number of carbonyl (C=O) groups is 1. The van der Waals surface area contributed by atoms with E-state index < -0.39 is 5.60 Å². The van der Waals surface area contributed by atoms with Crippen LogP contribution in [-0.4, -0.2) is 41.8 Å². The topological polar surface area (TPSA) is 32.8 Å². The lowest BCUT2D eigenvalue weighted by Gasteiger charge is -2.62. The van der Waals surface area contributed by atoms with Crippen LogP contribution < -0.4 is 4.90 Å². The molecule has 3 rings (SSSR count). The van der Waals surface area contributed by atoms with Gasteiger partial charge in [0.2, 0.25) is 0 Å². The van der Waals surface area contributed by atoms with Gasteiger partial charge in [0, 0.05) is 18.7 Å². The van der Waals surface area contributed by atoms with Crippen molar-refractivity contribution in [1.29, 1.82) is 0 Å². The minimum absolute atomic E-state index is 0.101. The Morgan fingerprint density at radius 3 is 2.64 bits per heavy atom. The van der Waals surface area contributed by atoms with Crippen LogP contribution in [-0.2, 0) is 4.74 Å². The number of nitrogens with zero attached hydrogens (tertiary/aromatic N) is 2. The predicted octanol–water partition coefficient (Wildman–Crippen LogP) is 2.61. The molecule has 4 nitrogen and oxygen atoms in total. The van der Waals surface area contributed by atoms with Crippen LogP contribution >= 0.6 is 0 Å². The Bertz CT molecular complexity index is 660. The van der Waals surface area contributed by atoms with E-state index in [1.165, 1.54) is 6.07 Å². The van der Waals surface area contributed by atoms with E-state index in [4.69, 9.17) is 11.2 Å². The van der Waals surface area contributed by atoms with Gasteiger partial charge in [0.25, 0.3) is 0 Å². The van der Waals surface area contributed by atoms with Gasteiger partial charge in [-0.05, 0) is 39.0 Å². The van der Waals surface area contributed by atoms with E-state index in [0.717, 1.165) is 0 Å². The largest absolute Gasteiger partial charge is 0.444 e. The van der Waals surface area contributed by atoms with Gasteiger partial charge in [0.05, 0.1) is 17.8 Å². The monoisotopic (exact) mass is 302 g/mol. The Morgan fingerprint density at radius 1 is 1.36 bits per heavy atom. The molecule has 0 aliphatic carbocycles. The number of fused-ring (bicyclic) bond motifs is 1. The van der Waals surface area contributed by atoms with E-state index in [9.17, 15) is 9.18 Å². The van der Waals surface area contributed by atoms with E-state index >= 15 is 0 Å². The van der Waals surface area contributed by atoms with Crippen molar-refractivity contribution in [2.24, 2.45) is 0 Å². The summed E-state index contributed by atoms with van der Waals surface area (Å²) in [6, 6.07) is 4.91. The molecule has 0 spiro atoms. The van der Waals surface area contributed by atoms with Crippen LogP contribution in [0.1, 0.15) is 26.3 Å². The van der Waals surface area contributed by atoms with Gasteiger partial charge in [-0.15, -0.1) is 6.42 Å². The zero-order valence-electron chi connectivity index (χ0n) is 13.0. The molecule has 2 atom stereocenters. The summed E-state index contributed by atoms with van der Waals surface area (Å²) >= 11 is 0. The fraction of sp³-hybridized carbons (Fsp3) is 0.471. The number of anilines is 1. The number of carbonyl (C=O) groups excluding carboxylic acids is 1. The third-order valence-electron chi connectivity index (χ3n) is 4.06. The third kappa shape index (κ3) is 2.39. The summed E-state index contributed by atoms with van der Waals surface area (Å²) in [5.74, 6) is 2.23. The van der Waals surface area contributed by atoms with Crippen LogP contribution in [0.4, 0.5) is 14.9 Å². The Hall–Kier alpha value is -2.22. The van der Waals surface area contributed by atoms with Gasteiger partial charge in [-0.2, -0.15) is 0 Å². The van der Waals surface area contributed by atoms with E-state index in [1.54, 1.807) is 17.0 Å². The van der Waals surface area contributed by atoms with Gasteiger partial charge >= 0.3 is 6.09 Å². The normalized spacial score (nSPS) is 23.0. The summed E-state index contributed by atoms with van der Waals surface area (Å²) in [5.41, 5.74) is 0.669. The molecule has 1 amide bonds. The van der Waals surface area contributed by atoms with Crippen molar-refractivity contribution in [3.63, 3.8) is 0 Å². The quantitative estimate of drug-likeness (QED) is 0.748. The molecule has 1 aromatic rings. The molecule has 0 aromatic heterocycles. The van der Waals surface area contributed by atoms with Crippen molar-refractivity contribution in [2.45, 2.75) is 38.5 Å². The number of likely N-dealkylation sites (tertiary alicyclic amines) is 1. The molecule has 0 bridgehead atoms. The summed E-state index contributed by atoms with van der Waals surface area (Å²) in [5, 5.41) is 0. The summed E-state index contributed by atoms with van der Waals surface area (Å²) in [4.78, 5) is 15.7. The highest BCUT2D eigenvalue weighted by Gasteiger charge is 2.55. The molecule has 2 heterocycles. The zero-order valence-corrected chi connectivity index (χ0v) is 13.0. The molecule has 116 valence electrons. The molecule has 0 N–H and O–H groups in total. The Kier molecular flexibility index (Phi) is 3.28. The number of hydrogen-bond donors (Lipinski definition) is 0. The molecule has 0 saturated carbocycles. The number of ether oxygens (including phenoxy) is 1. The first-order chi connectivity index (χ1) is 10.3. The first-order valence-electron chi connectivity index (χ1n) is 7.32. The third-order valence-corrected chi connectivity index (χ3v) is 4.06. The standard InChI is InChI=1S/C17H19FN2O2/c1-5-11-6-7-12(18)13(8-11)19-9-15-14(19)10-20(15)16(21)22-17(2,3)4/h1,6-8,14-15H,9-10H2,2-4H3/t14?,15-/m1/s1. The second-order valence-electron chi connectivity index (χ2n) is 6.73. The Balaban J connectivity index is 1.66. The number of benzene rings is 1. The molecule has 1 unspecified atom stereocenters. The summed E-state index contributed by atoms with van der Waals surface area (Å²) in [7, 11) is 0. The van der Waals surface area contributed by atoms with E-state index in [-0.39, 0.29) is 24.0 Å². The maximum atomic E-state index is 14.0. The van der Waals surface area contributed by atoms with Crippen LogP contribution in [0, 0.1) is 18.2 Å². The molecule has 2 fully saturated rings. The molecular weight excluding hydrogens is 283 g/mol. The summed E-state index contributed by atoms with van der Waals surface area (Å²) < 4.78 is 19.3. The summed E-state index contributed by atoms with van der Waals surface area (Å²) in [6.07, 6.45) is 5.06. The van der Waals surface area contributed by atoms with Gasteiger partial charge in [-0.1, -0.05) is 5.92 Å². The highest BCUT2D eigenvalue weighted by molar-refractivity contribution is 5.72. The van der Waals surface area contributed by atoms with Crippen molar-refractivity contribution in [2.75, 3.05) is 18.0 Å². The highest BCUT2D eigenvalue weighted by Crippen LogP contribution is 2.39. The molecule has 22 heavy (non-hydrogen) atoms. The lowest BCUT2D eigenvalue weighted by atomic mass is 9.85. The number of rotatable bonds is 1. The average Bonchev–Trinajstić information content (AvgIpc) is 2.40. The lowest BCUT2D eigenvalue weighted by Crippen LogP contribution is -2.80. The smallest absolute Gasteiger partial charge is 0.410 e. The van der Waals surface area contributed by atoms with Gasteiger partial charge in [0.15, 0.2) is 0 Å². The Morgan fingerprint density at radius 2 is 2.09 bits per heavy atom. The first kappa shape index (κ1) is 14.7. The second kappa shape index (κ2) is 4.91. The molecule has 5 heteroatoms. The van der Waals surface area contributed by atoms with Crippen LogP contribution in [0.15, 0.2) is 18.2 Å². The van der Waals surface area contributed by atoms with Crippen molar-refractivity contribution < 1.29 is 13.9 Å². The molecule has 0 radical (unpaired) electrons. The lowest BCUT2D eigenvalue weighted by molar-refractivity contribution is -0.0311. The molecular formula is C17H19FN2O2. The van der Waals surface area contributed by atoms with Crippen molar-refractivity contribution in [3.05, 3.63) is 29.6 Å². The number of terminal acetylenes is 1. The molecule has 2 saturated heterocycles. The fourth-order valence-corrected chi connectivity index (χ4v) is 2.88. The molecule has 1 aromatic carbocycles. The van der Waals surface area contributed by atoms with E-state index in [1.807, 2.05) is 25.7 Å². The number of piperazine rings is 1. The van der Waals surface area contributed by atoms with Gasteiger partial charge in [-0.25, -0.2) is 9.18 Å². The average molecular weight is 302 g/mol. The van der Waals surface area contributed by atoms with Crippen LogP contribution in [0.25, 0.3) is 0 Å². The fourth-order valence-electron chi connectivity index (χ4n) is 2.88. The van der Waals surface area contributed by atoms with Gasteiger partial charge in [0.1, 0.15) is 11.4 Å². The van der Waals surface area contributed by atoms with Crippen LogP contribution in [0.5, 0.6) is 0 Å². The van der Waals surface area contributed by atoms with Crippen molar-refractivity contribution in [3.8, 4) is 12.3 Å². The van der Waals surface area contributed by atoms with E-state index in [2.05, 4.69) is 5.92 Å². The van der Waals surface area contributed by atoms with Crippen LogP contribution in [0.2, 0.25) is 0 Å². The van der Waals surface area contributed by atoms with Gasteiger partial charge < -0.3 is 9.64 Å². The number of halogens is 1. The maximum absolute atomic E-state index is 14.0. The van der Waals surface area contributed by atoms with E-state index in [0.29, 0.717) is 24.3 Å². The predicted molar refractivity (Wildman–Crippen MR) is 82.2 cm³/mol. The van der Waals surface area contributed by atoms with Gasteiger partial charge in [-0.3, -0.25) is 4.90 Å². The first-order valence-corrected chi connectivity index (χ1v) is 7.32. The maximum Gasteiger partial charge on any atom is 0.410 e. The molecule has 2 aliphatic rings. The Labute approximate surface area is 129 Å². The van der Waals surface area contributed by atoms with Crippen molar-refractivity contribution >= 4 is 11.8 Å². The molecule has 2 aliphatic heterocycles. The SMILES string of the molecule is C#Cc1ccc(F)c(N2C[C@@H]3C2CN3C(=O)OC(C)(C)C)c1. The second-order valence-corrected chi connectivity index (χ2v) is 6.73. The zero-order chi connectivity index (χ0) is 16.1.